The van der Waals surface area contributed by atoms with Gasteiger partial charge in [-0.15, -0.1) is 0 Å². The Morgan fingerprint density at radius 1 is 0.810 bits per heavy atom. The Bertz CT molecular complexity index is 459. The normalized spacial score (nSPS) is 11.2. The highest BCUT2D eigenvalue weighted by molar-refractivity contribution is 5.70. The van der Waals surface area contributed by atoms with Gasteiger partial charge in [0.05, 0.1) is 6.26 Å². The molecule has 0 amide bonds. The molecular formula is C13H16O8. The highest BCUT2D eigenvalue weighted by atomic mass is 16.7. The molecule has 0 aliphatic heterocycles. The molecule has 0 N–H and O–H groups in total. The van der Waals surface area contributed by atoms with Gasteiger partial charge in [0.2, 0.25) is 0 Å². The van der Waals surface area contributed by atoms with E-state index in [-0.39, 0.29) is 5.76 Å². The van der Waals surface area contributed by atoms with Crippen molar-refractivity contribution in [2.45, 2.75) is 34.0 Å². The van der Waals surface area contributed by atoms with Gasteiger partial charge in [-0.3, -0.25) is 19.2 Å². The number of esters is 4. The molecule has 0 fully saturated rings. The van der Waals surface area contributed by atoms with Gasteiger partial charge in [-0.25, -0.2) is 0 Å². The number of rotatable bonds is 6. The Balaban J connectivity index is 5.18. The van der Waals surface area contributed by atoms with Crippen molar-refractivity contribution in [1.29, 1.82) is 0 Å². The lowest BCUT2D eigenvalue weighted by atomic mass is 10.4. The molecule has 0 aromatic rings. The van der Waals surface area contributed by atoms with Gasteiger partial charge in [0.1, 0.15) is 0 Å². The molecule has 0 heterocycles. The van der Waals surface area contributed by atoms with Crippen LogP contribution in [0.5, 0.6) is 0 Å². The van der Waals surface area contributed by atoms with E-state index in [9.17, 15) is 19.2 Å². The molecule has 8 nitrogen and oxygen atoms in total. The van der Waals surface area contributed by atoms with E-state index in [2.05, 4.69) is 4.74 Å². The summed E-state index contributed by atoms with van der Waals surface area (Å²) in [5.74, 6) is -3.01. The van der Waals surface area contributed by atoms with E-state index >= 15 is 0 Å². The van der Waals surface area contributed by atoms with Crippen molar-refractivity contribution in [3.63, 3.8) is 0 Å². The third-order valence-corrected chi connectivity index (χ3v) is 1.61. The summed E-state index contributed by atoms with van der Waals surface area (Å²) < 4.78 is 18.8. The van der Waals surface area contributed by atoms with Gasteiger partial charge >= 0.3 is 30.2 Å². The summed E-state index contributed by atoms with van der Waals surface area (Å²) in [4.78, 5) is 43.5. The highest BCUT2D eigenvalue weighted by Gasteiger charge is 2.23. The third kappa shape index (κ3) is 9.88. The first-order valence-electron chi connectivity index (χ1n) is 5.79. The first-order chi connectivity index (χ1) is 9.72. The summed E-state index contributed by atoms with van der Waals surface area (Å²) in [6, 6.07) is 0. The van der Waals surface area contributed by atoms with E-state index in [0.29, 0.717) is 0 Å². The first-order valence-corrected chi connectivity index (χ1v) is 5.79. The van der Waals surface area contributed by atoms with Crippen molar-refractivity contribution in [3.8, 4) is 0 Å². The predicted molar refractivity (Wildman–Crippen MR) is 68.1 cm³/mol. The number of hydrogen-bond acceptors (Lipinski definition) is 8. The van der Waals surface area contributed by atoms with E-state index in [0.717, 1.165) is 33.1 Å². The second-order valence-corrected chi connectivity index (χ2v) is 3.65. The molecule has 0 aromatic carbocycles. The van der Waals surface area contributed by atoms with Crippen LogP contribution in [-0.2, 0) is 38.1 Å². The largest absolute Gasteiger partial charge is 0.435 e. The Labute approximate surface area is 121 Å². The molecule has 0 saturated carbocycles. The maximum atomic E-state index is 11.0. The fourth-order valence-electron chi connectivity index (χ4n) is 1.04. The first kappa shape index (κ1) is 18.4. The minimum Gasteiger partial charge on any atom is -0.435 e. The maximum absolute atomic E-state index is 11.0. The van der Waals surface area contributed by atoms with Crippen LogP contribution in [0.4, 0.5) is 0 Å². The molecule has 0 rings (SSSR count). The molecule has 116 valence electrons. The van der Waals surface area contributed by atoms with Crippen LogP contribution in [0.3, 0.4) is 0 Å². The Morgan fingerprint density at radius 2 is 1.33 bits per heavy atom. The van der Waals surface area contributed by atoms with E-state index < -0.39 is 30.2 Å². The standard InChI is InChI=1S/C13H16O8/c1-8(14)18-7-5-6-12(19-9(2)15)13(20-10(3)16)21-11(4)17/h5-7,13H,1-4H3. The molecule has 0 radical (unpaired) electrons. The van der Waals surface area contributed by atoms with Crippen molar-refractivity contribution in [2.75, 3.05) is 0 Å². The summed E-state index contributed by atoms with van der Waals surface area (Å²) in [5.41, 5.74) is 0. The lowest BCUT2D eigenvalue weighted by Crippen LogP contribution is -2.26. The average Bonchev–Trinajstić information content (AvgIpc) is 2.30. The molecule has 21 heavy (non-hydrogen) atoms. The van der Waals surface area contributed by atoms with E-state index in [1.54, 1.807) is 0 Å². The summed E-state index contributed by atoms with van der Waals surface area (Å²) >= 11 is 0. The van der Waals surface area contributed by atoms with E-state index in [4.69, 9.17) is 14.2 Å². The summed E-state index contributed by atoms with van der Waals surface area (Å²) in [6.07, 6.45) is 1.86. The third-order valence-electron chi connectivity index (χ3n) is 1.61. The highest BCUT2D eigenvalue weighted by Crippen LogP contribution is 2.12. The minimum absolute atomic E-state index is 0.253. The monoisotopic (exact) mass is 300 g/mol. The van der Waals surface area contributed by atoms with Crippen molar-refractivity contribution in [3.05, 3.63) is 24.2 Å². The van der Waals surface area contributed by atoms with E-state index in [1.165, 1.54) is 13.0 Å². The Kier molecular flexibility index (Phi) is 8.13. The van der Waals surface area contributed by atoms with Gasteiger partial charge in [0.15, 0.2) is 5.76 Å². The lowest BCUT2D eigenvalue weighted by Gasteiger charge is -2.18. The molecular weight excluding hydrogens is 284 g/mol. The zero-order chi connectivity index (χ0) is 16.4. The number of allylic oxidation sites excluding steroid dienone is 2. The van der Waals surface area contributed by atoms with Crippen LogP contribution >= 0.6 is 0 Å². The number of carbonyl (C=O) groups is 4. The molecule has 0 unspecified atom stereocenters. The molecule has 8 heteroatoms. The maximum Gasteiger partial charge on any atom is 0.307 e. The van der Waals surface area contributed by atoms with Crippen molar-refractivity contribution in [1.82, 2.24) is 0 Å². The van der Waals surface area contributed by atoms with Crippen LogP contribution in [0.1, 0.15) is 27.7 Å². The number of carbonyl (C=O) groups excluding carboxylic acids is 4. The predicted octanol–water partition coefficient (Wildman–Crippen LogP) is 0.962. The minimum atomic E-state index is -1.52. The smallest absolute Gasteiger partial charge is 0.307 e. The summed E-state index contributed by atoms with van der Waals surface area (Å²) in [5, 5.41) is 0. The molecule has 0 atom stereocenters. The second-order valence-electron chi connectivity index (χ2n) is 3.65. The quantitative estimate of drug-likeness (QED) is 0.235. The lowest BCUT2D eigenvalue weighted by molar-refractivity contribution is -0.186. The fraction of sp³-hybridized carbons (Fsp3) is 0.385. The van der Waals surface area contributed by atoms with Crippen LogP contribution in [0.25, 0.3) is 0 Å². The fourth-order valence-corrected chi connectivity index (χ4v) is 1.04. The van der Waals surface area contributed by atoms with Crippen molar-refractivity contribution < 1.29 is 38.1 Å². The summed E-state index contributed by atoms with van der Waals surface area (Å²) in [6.45, 7) is 4.50. The number of ether oxygens (including phenoxy) is 4. The average molecular weight is 300 g/mol. The topological polar surface area (TPSA) is 105 Å². The zero-order valence-electron chi connectivity index (χ0n) is 12.1. The molecule has 0 aliphatic carbocycles. The molecule has 0 aliphatic rings. The Hall–Kier alpha value is -2.64. The van der Waals surface area contributed by atoms with Crippen molar-refractivity contribution >= 4 is 23.9 Å². The van der Waals surface area contributed by atoms with Gasteiger partial charge in [0.25, 0.3) is 0 Å². The zero-order valence-corrected chi connectivity index (χ0v) is 12.1. The molecule has 0 spiro atoms. The molecule has 0 bridgehead atoms. The van der Waals surface area contributed by atoms with Crippen LogP contribution in [0, 0.1) is 0 Å². The van der Waals surface area contributed by atoms with Gasteiger partial charge < -0.3 is 18.9 Å². The SMILES string of the molecule is CC(=O)OC=CC=C(OC(C)=O)C(OC(C)=O)OC(C)=O. The van der Waals surface area contributed by atoms with Gasteiger partial charge in [-0.1, -0.05) is 0 Å². The van der Waals surface area contributed by atoms with Gasteiger partial charge in [-0.05, 0) is 12.2 Å². The van der Waals surface area contributed by atoms with Crippen LogP contribution in [-0.4, -0.2) is 30.2 Å². The van der Waals surface area contributed by atoms with Gasteiger partial charge in [-0.2, -0.15) is 0 Å². The molecule has 0 aromatic heterocycles. The van der Waals surface area contributed by atoms with Crippen LogP contribution in [0.15, 0.2) is 24.2 Å². The number of hydrogen-bond donors (Lipinski definition) is 0. The summed E-state index contributed by atoms with van der Waals surface area (Å²) in [7, 11) is 0. The second kappa shape index (κ2) is 9.29. The van der Waals surface area contributed by atoms with Crippen LogP contribution < -0.4 is 0 Å². The van der Waals surface area contributed by atoms with Crippen LogP contribution in [0.2, 0.25) is 0 Å². The van der Waals surface area contributed by atoms with Gasteiger partial charge in [0, 0.05) is 27.7 Å². The van der Waals surface area contributed by atoms with E-state index in [1.807, 2.05) is 0 Å². The van der Waals surface area contributed by atoms with Crippen molar-refractivity contribution in [2.24, 2.45) is 0 Å². The Morgan fingerprint density at radius 3 is 1.71 bits per heavy atom. The molecule has 0 saturated heterocycles.